The van der Waals surface area contributed by atoms with Crippen molar-refractivity contribution >= 4 is 34.1 Å². The van der Waals surface area contributed by atoms with Crippen LogP contribution in [0.15, 0.2) is 90.3 Å². The van der Waals surface area contributed by atoms with Crippen LogP contribution in [0.2, 0.25) is 0 Å². The van der Waals surface area contributed by atoms with Crippen molar-refractivity contribution in [3.8, 4) is 0 Å². The number of rotatable bonds is 8. The van der Waals surface area contributed by atoms with Crippen LogP contribution >= 0.6 is 23.1 Å². The molecule has 0 saturated heterocycles. The first-order valence-electron chi connectivity index (χ1n) is 9.86. The number of thiazole rings is 1. The van der Waals surface area contributed by atoms with Crippen molar-refractivity contribution < 1.29 is 9.18 Å². The maximum atomic E-state index is 13.2. The summed E-state index contributed by atoms with van der Waals surface area (Å²) in [4.78, 5) is 17.7. The van der Waals surface area contributed by atoms with Crippen LogP contribution in [0.1, 0.15) is 28.3 Å². The zero-order chi connectivity index (χ0) is 21.5. The van der Waals surface area contributed by atoms with Gasteiger partial charge in [0.2, 0.25) is 5.91 Å². The molecule has 0 atom stereocenters. The largest absolute Gasteiger partial charge is 0.301 e. The highest BCUT2D eigenvalue weighted by atomic mass is 32.2. The summed E-state index contributed by atoms with van der Waals surface area (Å²) >= 11 is 3.13. The molecular formula is C25H21FN2OS2. The number of carbonyl (C=O) groups is 1. The number of nitrogens with one attached hydrogen (secondary N) is 1. The van der Waals surface area contributed by atoms with Crippen LogP contribution in [0.25, 0.3) is 0 Å². The van der Waals surface area contributed by atoms with Gasteiger partial charge < -0.3 is 5.32 Å². The quantitative estimate of drug-likeness (QED) is 0.335. The molecule has 6 heteroatoms. The van der Waals surface area contributed by atoms with Gasteiger partial charge >= 0.3 is 0 Å². The van der Waals surface area contributed by atoms with E-state index in [1.54, 1.807) is 23.9 Å². The van der Waals surface area contributed by atoms with Crippen molar-refractivity contribution in [1.82, 2.24) is 4.98 Å². The van der Waals surface area contributed by atoms with Crippen LogP contribution < -0.4 is 5.32 Å². The summed E-state index contributed by atoms with van der Waals surface area (Å²) in [7, 11) is 0. The number of nitrogens with zero attached hydrogens (tertiary/aromatic N) is 1. The van der Waals surface area contributed by atoms with Gasteiger partial charge in [-0.15, -0.1) is 11.3 Å². The molecule has 4 aromatic rings. The lowest BCUT2D eigenvalue weighted by Gasteiger charge is -2.17. The SMILES string of the molecule is O=C(Nc1nc(CSCc2ccc(F)cc2)cs1)C(c1ccccc1)c1ccccc1. The maximum absolute atomic E-state index is 13.2. The summed E-state index contributed by atoms with van der Waals surface area (Å²) in [6.45, 7) is 0. The fourth-order valence-corrected chi connectivity index (χ4v) is 4.95. The summed E-state index contributed by atoms with van der Waals surface area (Å²) < 4.78 is 13.0. The number of thioether (sulfide) groups is 1. The van der Waals surface area contributed by atoms with Gasteiger partial charge in [0.1, 0.15) is 5.82 Å². The molecule has 0 aliphatic heterocycles. The lowest BCUT2D eigenvalue weighted by molar-refractivity contribution is -0.116. The van der Waals surface area contributed by atoms with Gasteiger partial charge in [0.25, 0.3) is 0 Å². The molecule has 156 valence electrons. The third kappa shape index (κ3) is 5.81. The van der Waals surface area contributed by atoms with E-state index in [1.165, 1.54) is 23.5 Å². The fourth-order valence-electron chi connectivity index (χ4n) is 3.25. The second kappa shape index (κ2) is 10.4. The van der Waals surface area contributed by atoms with Crippen LogP contribution in [0, 0.1) is 5.82 Å². The molecular weight excluding hydrogens is 427 g/mol. The first-order valence-corrected chi connectivity index (χ1v) is 11.9. The average Bonchev–Trinajstić information content (AvgIpc) is 3.24. The molecule has 3 aromatic carbocycles. The summed E-state index contributed by atoms with van der Waals surface area (Å²) in [6, 6.07) is 26.1. The first kappa shape index (κ1) is 21.3. The van der Waals surface area contributed by atoms with Gasteiger partial charge in [-0.2, -0.15) is 11.8 Å². The molecule has 0 aliphatic rings. The molecule has 0 spiro atoms. The highest BCUT2D eigenvalue weighted by Gasteiger charge is 2.23. The van der Waals surface area contributed by atoms with Crippen molar-refractivity contribution in [1.29, 1.82) is 0 Å². The van der Waals surface area contributed by atoms with Crippen LogP contribution in [0.4, 0.5) is 9.52 Å². The summed E-state index contributed by atoms with van der Waals surface area (Å²) in [5.41, 5.74) is 3.88. The van der Waals surface area contributed by atoms with Gasteiger partial charge in [0.05, 0.1) is 11.6 Å². The lowest BCUT2D eigenvalue weighted by atomic mass is 9.90. The molecule has 0 aliphatic carbocycles. The fraction of sp³-hybridized carbons (Fsp3) is 0.120. The molecule has 1 heterocycles. The molecule has 0 fully saturated rings. The van der Waals surface area contributed by atoms with Crippen LogP contribution in [-0.4, -0.2) is 10.9 Å². The minimum atomic E-state index is -0.400. The van der Waals surface area contributed by atoms with E-state index >= 15 is 0 Å². The number of hydrogen-bond acceptors (Lipinski definition) is 4. The van der Waals surface area contributed by atoms with E-state index in [2.05, 4.69) is 10.3 Å². The number of aromatic nitrogens is 1. The summed E-state index contributed by atoms with van der Waals surface area (Å²) in [5.74, 6) is 0.784. The standard InChI is InChI=1S/C25H21FN2OS2/c26-21-13-11-18(12-14-21)15-30-16-22-17-31-25(27-22)28-24(29)23(19-7-3-1-4-8-19)20-9-5-2-6-10-20/h1-14,17,23H,15-16H2,(H,27,28,29). The molecule has 1 amide bonds. The Bertz CT molecular complexity index is 1080. The predicted molar refractivity (Wildman–Crippen MR) is 127 cm³/mol. The van der Waals surface area contributed by atoms with Crippen molar-refractivity contribution in [2.24, 2.45) is 0 Å². The Hall–Kier alpha value is -2.96. The zero-order valence-electron chi connectivity index (χ0n) is 16.7. The van der Waals surface area contributed by atoms with Gasteiger partial charge in [-0.25, -0.2) is 9.37 Å². The van der Waals surface area contributed by atoms with Crippen molar-refractivity contribution in [2.45, 2.75) is 17.4 Å². The summed E-state index contributed by atoms with van der Waals surface area (Å²) in [5, 5.41) is 5.55. The maximum Gasteiger partial charge on any atom is 0.238 e. The van der Waals surface area contributed by atoms with Gasteiger partial charge in [-0.05, 0) is 28.8 Å². The van der Waals surface area contributed by atoms with Crippen molar-refractivity contribution in [2.75, 3.05) is 5.32 Å². The molecule has 0 radical (unpaired) electrons. The smallest absolute Gasteiger partial charge is 0.238 e. The van der Waals surface area contributed by atoms with Crippen molar-refractivity contribution in [3.05, 3.63) is 119 Å². The minimum Gasteiger partial charge on any atom is -0.301 e. The normalized spacial score (nSPS) is 10.9. The third-order valence-corrected chi connectivity index (χ3v) is 6.59. The Morgan fingerprint density at radius 3 is 2.13 bits per heavy atom. The van der Waals surface area contributed by atoms with Gasteiger partial charge in [-0.3, -0.25) is 4.79 Å². The van der Waals surface area contributed by atoms with Crippen LogP contribution in [0.3, 0.4) is 0 Å². The Morgan fingerprint density at radius 1 is 0.903 bits per heavy atom. The highest BCUT2D eigenvalue weighted by molar-refractivity contribution is 7.97. The number of halogens is 1. The van der Waals surface area contributed by atoms with E-state index in [4.69, 9.17) is 0 Å². The second-order valence-corrected chi connectivity index (χ2v) is 8.85. The van der Waals surface area contributed by atoms with E-state index in [-0.39, 0.29) is 11.7 Å². The number of anilines is 1. The molecule has 0 unspecified atom stereocenters. The number of hydrogen-bond donors (Lipinski definition) is 1. The molecule has 31 heavy (non-hydrogen) atoms. The van der Waals surface area contributed by atoms with E-state index in [1.807, 2.05) is 66.0 Å². The van der Waals surface area contributed by atoms with Gasteiger partial charge in [0, 0.05) is 16.9 Å². The first-order chi connectivity index (χ1) is 15.2. The van der Waals surface area contributed by atoms with Crippen LogP contribution in [0.5, 0.6) is 0 Å². The number of amides is 1. The second-order valence-electron chi connectivity index (χ2n) is 7.01. The zero-order valence-corrected chi connectivity index (χ0v) is 18.3. The van der Waals surface area contributed by atoms with Crippen LogP contribution in [-0.2, 0) is 16.3 Å². The van der Waals surface area contributed by atoms with Crippen molar-refractivity contribution in [3.63, 3.8) is 0 Å². The number of carbonyl (C=O) groups excluding carboxylic acids is 1. The lowest BCUT2D eigenvalue weighted by Crippen LogP contribution is -2.22. The topological polar surface area (TPSA) is 42.0 Å². The molecule has 1 aromatic heterocycles. The summed E-state index contributed by atoms with van der Waals surface area (Å²) in [6.07, 6.45) is 0. The molecule has 4 rings (SSSR count). The Labute approximate surface area is 189 Å². The van der Waals surface area contributed by atoms with E-state index in [9.17, 15) is 9.18 Å². The minimum absolute atomic E-state index is 0.0998. The third-order valence-electron chi connectivity index (χ3n) is 4.74. The number of benzene rings is 3. The van der Waals surface area contributed by atoms with E-state index in [0.717, 1.165) is 33.9 Å². The van der Waals surface area contributed by atoms with E-state index < -0.39 is 5.92 Å². The molecule has 1 N–H and O–H groups in total. The predicted octanol–water partition coefficient (Wildman–Crippen LogP) is 6.49. The molecule has 3 nitrogen and oxygen atoms in total. The van der Waals surface area contributed by atoms with Gasteiger partial charge in [-0.1, -0.05) is 72.8 Å². The Morgan fingerprint density at radius 2 is 1.52 bits per heavy atom. The average molecular weight is 449 g/mol. The van der Waals surface area contributed by atoms with Gasteiger partial charge in [0.15, 0.2) is 5.13 Å². The Kier molecular flexibility index (Phi) is 7.12. The molecule has 0 bridgehead atoms. The van der Waals surface area contributed by atoms with E-state index in [0.29, 0.717) is 5.13 Å². The monoisotopic (exact) mass is 448 g/mol. The molecule has 0 saturated carbocycles. The highest BCUT2D eigenvalue weighted by Crippen LogP contribution is 2.28. The Balaban J connectivity index is 1.40.